The number of nitrogens with zero attached hydrogens (tertiary/aromatic N) is 1. The third-order valence-corrected chi connectivity index (χ3v) is 5.23. The van der Waals surface area contributed by atoms with Gasteiger partial charge in [-0.3, -0.25) is 15.1 Å². The van der Waals surface area contributed by atoms with Crippen molar-refractivity contribution in [1.82, 2.24) is 4.90 Å². The predicted molar refractivity (Wildman–Crippen MR) is 116 cm³/mol. The Balaban J connectivity index is 3.19. The summed E-state index contributed by atoms with van der Waals surface area (Å²) in [6, 6.07) is 0. The van der Waals surface area contributed by atoms with Crippen molar-refractivity contribution >= 4 is 35.8 Å². The average Bonchev–Trinajstić information content (AvgIpc) is 2.97. The highest BCUT2D eigenvalue weighted by Gasteiger charge is 2.28. The summed E-state index contributed by atoms with van der Waals surface area (Å²) in [4.78, 5) is 14.8. The largest absolute Gasteiger partial charge is 0.402 e. The molecule has 1 aliphatic rings. The summed E-state index contributed by atoms with van der Waals surface area (Å²) in [7, 11) is 0. The topological polar surface area (TPSA) is 70.2 Å². The van der Waals surface area contributed by atoms with Crippen molar-refractivity contribution in [2.45, 2.75) is 26.0 Å². The molecule has 6 heteroatoms. The Kier molecular flexibility index (Phi) is 9.11. The van der Waals surface area contributed by atoms with Crippen molar-refractivity contribution < 1.29 is 4.79 Å². The third kappa shape index (κ3) is 6.01. The van der Waals surface area contributed by atoms with Crippen molar-refractivity contribution in [3.8, 4) is 12.3 Å². The fourth-order valence-electron chi connectivity index (χ4n) is 2.44. The van der Waals surface area contributed by atoms with Crippen molar-refractivity contribution in [1.29, 1.82) is 5.41 Å². The van der Waals surface area contributed by atoms with Crippen LogP contribution in [0.5, 0.6) is 0 Å². The van der Waals surface area contributed by atoms with E-state index < -0.39 is 0 Å². The van der Waals surface area contributed by atoms with E-state index in [0.717, 1.165) is 28.9 Å². The minimum absolute atomic E-state index is 0.143. The number of carbonyl (C=O) groups is 1. The normalized spacial score (nSPS) is 20.0. The number of allylic oxidation sites excluding steroid dienone is 6. The maximum absolute atomic E-state index is 12.9. The SMILES string of the molecule is C#C/C=C(\C=C/CSC)N(C=N)C(=O)C1=C/C(=C(C)/C=C(/C)N)C(C)S1. The minimum atomic E-state index is -0.261. The molecule has 1 amide bonds. The first-order valence-corrected chi connectivity index (χ1v) is 10.3. The zero-order valence-corrected chi connectivity index (χ0v) is 17.2. The van der Waals surface area contributed by atoms with Crippen LogP contribution in [0.3, 0.4) is 0 Å². The van der Waals surface area contributed by atoms with Gasteiger partial charge in [0.2, 0.25) is 0 Å². The van der Waals surface area contributed by atoms with Crippen LogP contribution in [0.1, 0.15) is 20.8 Å². The quantitative estimate of drug-likeness (QED) is 0.299. The minimum Gasteiger partial charge on any atom is -0.402 e. The molecule has 0 aliphatic carbocycles. The molecule has 0 bridgehead atoms. The van der Waals surface area contributed by atoms with Gasteiger partial charge in [-0.1, -0.05) is 12.0 Å². The molecule has 0 aromatic heterocycles. The summed E-state index contributed by atoms with van der Waals surface area (Å²) >= 11 is 3.14. The Hall–Kier alpha value is -2.10. The lowest BCUT2D eigenvalue weighted by Gasteiger charge is -2.18. The second kappa shape index (κ2) is 10.8. The first-order valence-electron chi connectivity index (χ1n) is 8.04. The number of thioether (sulfide) groups is 2. The fraction of sp³-hybridized carbons (Fsp3) is 0.300. The van der Waals surface area contributed by atoms with Crippen LogP contribution in [-0.4, -0.2) is 34.4 Å². The van der Waals surface area contributed by atoms with Gasteiger partial charge in [0.25, 0.3) is 5.91 Å². The lowest BCUT2D eigenvalue weighted by Crippen LogP contribution is -2.28. The Labute approximate surface area is 164 Å². The standard InChI is InChI=1S/C20H25N3OS2/c1-6-8-17(9-7-10-25-5)23(13-21)20(24)19-12-18(16(4)26-19)14(2)11-15(3)22/h1,7-9,11-13,16,21H,10,22H2,2-5H3/b9-7-,15-11-,17-8+,18-14-,21-13?. The van der Waals surface area contributed by atoms with E-state index in [9.17, 15) is 4.79 Å². The first kappa shape index (κ1) is 21.9. The highest BCUT2D eigenvalue weighted by Crippen LogP contribution is 2.39. The van der Waals surface area contributed by atoms with Gasteiger partial charge in [-0.05, 0) is 56.4 Å². The lowest BCUT2D eigenvalue weighted by atomic mass is 10.1. The number of terminal acetylenes is 1. The second-order valence-corrected chi connectivity index (χ2v) is 7.99. The van der Waals surface area contributed by atoms with Crippen LogP contribution in [0, 0.1) is 17.8 Å². The van der Waals surface area contributed by atoms with Crippen molar-refractivity contribution in [3.63, 3.8) is 0 Å². The van der Waals surface area contributed by atoms with Crippen LogP contribution in [0.2, 0.25) is 0 Å². The number of carbonyl (C=O) groups excluding carboxylic acids is 1. The first-order chi connectivity index (χ1) is 12.3. The molecule has 4 nitrogen and oxygen atoms in total. The van der Waals surface area contributed by atoms with Gasteiger partial charge in [0.05, 0.1) is 16.9 Å². The predicted octanol–water partition coefficient (Wildman–Crippen LogP) is 4.06. The summed E-state index contributed by atoms with van der Waals surface area (Å²) in [6.45, 7) is 5.86. The number of rotatable bonds is 7. The third-order valence-electron chi connectivity index (χ3n) is 3.55. The van der Waals surface area contributed by atoms with Gasteiger partial charge >= 0.3 is 0 Å². The summed E-state index contributed by atoms with van der Waals surface area (Å²) in [5.74, 6) is 2.98. The van der Waals surface area contributed by atoms with Gasteiger partial charge in [-0.25, -0.2) is 0 Å². The molecule has 138 valence electrons. The number of hydrogen-bond acceptors (Lipinski definition) is 5. The van der Waals surface area contributed by atoms with E-state index in [0.29, 0.717) is 10.6 Å². The highest BCUT2D eigenvalue weighted by atomic mass is 32.2. The summed E-state index contributed by atoms with van der Waals surface area (Å²) < 4.78 is 0. The van der Waals surface area contributed by atoms with Crippen molar-refractivity contribution in [2.24, 2.45) is 5.73 Å². The van der Waals surface area contributed by atoms with Crippen molar-refractivity contribution in [2.75, 3.05) is 12.0 Å². The zero-order valence-electron chi connectivity index (χ0n) is 15.6. The smallest absolute Gasteiger partial charge is 0.270 e. The molecule has 1 unspecified atom stereocenters. The second-order valence-electron chi connectivity index (χ2n) is 5.69. The Morgan fingerprint density at radius 2 is 2.23 bits per heavy atom. The van der Waals surface area contributed by atoms with Crippen LogP contribution in [-0.2, 0) is 4.79 Å². The van der Waals surface area contributed by atoms with Crippen LogP contribution in [0.4, 0.5) is 0 Å². The van der Waals surface area contributed by atoms with Crippen molar-refractivity contribution in [3.05, 3.63) is 57.8 Å². The van der Waals surface area contributed by atoms with E-state index in [-0.39, 0.29) is 11.2 Å². The van der Waals surface area contributed by atoms with Crippen LogP contribution in [0.25, 0.3) is 0 Å². The lowest BCUT2D eigenvalue weighted by molar-refractivity contribution is -0.121. The highest BCUT2D eigenvalue weighted by molar-refractivity contribution is 8.05. The monoisotopic (exact) mass is 387 g/mol. The molecular weight excluding hydrogens is 362 g/mol. The van der Waals surface area contributed by atoms with E-state index in [1.54, 1.807) is 17.8 Å². The maximum atomic E-state index is 12.9. The summed E-state index contributed by atoms with van der Waals surface area (Å²) in [6.07, 6.45) is 17.3. The molecule has 0 spiro atoms. The van der Waals surface area contributed by atoms with Gasteiger partial charge in [0.1, 0.15) is 0 Å². The molecule has 0 fully saturated rings. The number of nitrogens with two attached hydrogens (primary N) is 1. The van der Waals surface area contributed by atoms with Gasteiger partial charge in [-0.15, -0.1) is 18.2 Å². The molecule has 1 atom stereocenters. The van der Waals surface area contributed by atoms with Crippen LogP contribution in [0.15, 0.2) is 57.8 Å². The zero-order chi connectivity index (χ0) is 19.7. The Bertz CT molecular complexity index is 748. The summed E-state index contributed by atoms with van der Waals surface area (Å²) in [5, 5.41) is 7.82. The molecule has 0 aromatic rings. The number of hydrogen-bond donors (Lipinski definition) is 2. The average molecular weight is 388 g/mol. The molecule has 0 saturated carbocycles. The molecule has 1 aliphatic heterocycles. The molecule has 3 N–H and O–H groups in total. The van der Waals surface area contributed by atoms with Gasteiger partial charge in [-0.2, -0.15) is 11.8 Å². The molecule has 0 saturated heterocycles. The van der Waals surface area contributed by atoms with Gasteiger partial charge < -0.3 is 5.73 Å². The molecule has 26 heavy (non-hydrogen) atoms. The Morgan fingerprint density at radius 3 is 2.77 bits per heavy atom. The number of amides is 1. The van der Waals surface area contributed by atoms with Gasteiger partial charge in [0, 0.05) is 22.8 Å². The molecule has 1 heterocycles. The van der Waals surface area contributed by atoms with Crippen LogP contribution < -0.4 is 5.73 Å². The fourth-order valence-corrected chi connectivity index (χ4v) is 3.88. The van der Waals surface area contributed by atoms with E-state index in [4.69, 9.17) is 17.6 Å². The van der Waals surface area contributed by atoms with E-state index in [1.165, 1.54) is 22.7 Å². The molecular formula is C20H25N3OS2. The Morgan fingerprint density at radius 1 is 1.54 bits per heavy atom. The van der Waals surface area contributed by atoms with E-state index >= 15 is 0 Å². The van der Waals surface area contributed by atoms with E-state index in [2.05, 4.69) is 5.92 Å². The van der Waals surface area contributed by atoms with E-state index in [1.807, 2.05) is 45.3 Å². The molecule has 0 aromatic carbocycles. The maximum Gasteiger partial charge on any atom is 0.270 e. The molecule has 1 rings (SSSR count). The van der Waals surface area contributed by atoms with Crippen LogP contribution >= 0.6 is 23.5 Å². The molecule has 0 radical (unpaired) electrons. The summed E-state index contributed by atoms with van der Waals surface area (Å²) in [5.41, 5.74) is 9.08. The van der Waals surface area contributed by atoms with Gasteiger partial charge in [0.15, 0.2) is 0 Å². The number of nitrogens with one attached hydrogen (secondary N) is 1.